The summed E-state index contributed by atoms with van der Waals surface area (Å²) < 4.78 is 2.26. The average molecular weight is 372 g/mol. The monoisotopic (exact) mass is 372 g/mol. The lowest BCUT2D eigenvalue weighted by Gasteiger charge is -2.19. The van der Waals surface area contributed by atoms with Crippen LogP contribution in [0.4, 0.5) is 0 Å². The van der Waals surface area contributed by atoms with Crippen molar-refractivity contribution in [2.75, 3.05) is 13.6 Å². The molecule has 4 aromatic rings. The highest BCUT2D eigenvalue weighted by Crippen LogP contribution is 2.20. The molecule has 0 aliphatic carbocycles. The number of rotatable bonds is 4. The van der Waals surface area contributed by atoms with Crippen LogP contribution in [0.25, 0.3) is 21.9 Å². The van der Waals surface area contributed by atoms with E-state index in [4.69, 9.17) is 0 Å². The number of benzene rings is 2. The van der Waals surface area contributed by atoms with Gasteiger partial charge in [0.25, 0.3) is 5.91 Å². The van der Waals surface area contributed by atoms with E-state index in [9.17, 15) is 4.79 Å². The van der Waals surface area contributed by atoms with Gasteiger partial charge in [-0.15, -0.1) is 0 Å². The summed E-state index contributed by atoms with van der Waals surface area (Å²) in [6.07, 6.45) is 0. The van der Waals surface area contributed by atoms with E-state index in [0.29, 0.717) is 12.1 Å². The van der Waals surface area contributed by atoms with E-state index in [1.165, 1.54) is 16.6 Å². The molecule has 0 spiro atoms. The smallest absolute Gasteiger partial charge is 0.253 e. The first-order valence-electron chi connectivity index (χ1n) is 9.49. The molecule has 4 rings (SSSR count). The fourth-order valence-corrected chi connectivity index (χ4v) is 3.58. The van der Waals surface area contributed by atoms with E-state index in [-0.39, 0.29) is 5.91 Å². The molecular weight excluding hydrogens is 348 g/mol. The predicted octanol–water partition coefficient (Wildman–Crippen LogP) is 4.28. The summed E-state index contributed by atoms with van der Waals surface area (Å²) in [5, 5.41) is 1.23. The van der Waals surface area contributed by atoms with Gasteiger partial charge in [-0.2, -0.15) is 0 Å². The molecule has 0 radical (unpaired) electrons. The summed E-state index contributed by atoms with van der Waals surface area (Å²) >= 11 is 0. The van der Waals surface area contributed by atoms with Crippen molar-refractivity contribution in [3.63, 3.8) is 0 Å². The zero-order valence-corrected chi connectivity index (χ0v) is 16.7. The number of carbonyl (C=O) groups is 1. The fraction of sp³-hybridized carbons (Fsp3) is 0.261. The van der Waals surface area contributed by atoms with Crippen LogP contribution in [0.15, 0.2) is 48.5 Å². The Labute approximate surface area is 164 Å². The van der Waals surface area contributed by atoms with E-state index in [1.807, 2.05) is 51.2 Å². The van der Waals surface area contributed by atoms with Crippen molar-refractivity contribution in [2.45, 2.75) is 27.3 Å². The molecule has 142 valence electrons. The normalized spacial score (nSPS) is 11.3. The number of nitrogens with zero attached hydrogens (tertiary/aromatic N) is 4. The highest BCUT2D eigenvalue weighted by atomic mass is 16.2. The van der Waals surface area contributed by atoms with Crippen LogP contribution in [-0.4, -0.2) is 38.9 Å². The van der Waals surface area contributed by atoms with Crippen molar-refractivity contribution in [1.29, 1.82) is 0 Å². The maximum atomic E-state index is 12.9. The van der Waals surface area contributed by atoms with E-state index < -0.39 is 0 Å². The molecule has 0 fully saturated rings. The third kappa shape index (κ3) is 3.24. The molecule has 5 heteroatoms. The Morgan fingerprint density at radius 1 is 0.964 bits per heavy atom. The minimum absolute atomic E-state index is 0.00366. The summed E-state index contributed by atoms with van der Waals surface area (Å²) in [6, 6.07) is 16.1. The summed E-state index contributed by atoms with van der Waals surface area (Å²) in [7, 11) is 1.85. The van der Waals surface area contributed by atoms with Crippen LogP contribution in [0.5, 0.6) is 0 Å². The van der Waals surface area contributed by atoms with E-state index >= 15 is 0 Å². The first-order valence-corrected chi connectivity index (χ1v) is 9.49. The number of aromatic nitrogens is 3. The van der Waals surface area contributed by atoms with Crippen molar-refractivity contribution in [2.24, 2.45) is 0 Å². The number of carbonyl (C=O) groups excluding carboxylic acids is 1. The second-order valence-electron chi connectivity index (χ2n) is 7.32. The highest BCUT2D eigenvalue weighted by Gasteiger charge is 2.14. The number of aryl methyl sites for hydroxylation is 3. The van der Waals surface area contributed by atoms with Crippen LogP contribution in [0.3, 0.4) is 0 Å². The molecule has 2 aromatic heterocycles. The largest absolute Gasteiger partial charge is 0.343 e. The van der Waals surface area contributed by atoms with Crippen molar-refractivity contribution >= 4 is 27.8 Å². The number of para-hydroxylation sites is 1. The lowest BCUT2D eigenvalue weighted by molar-refractivity contribution is 0.0790. The minimum atomic E-state index is -0.00366. The minimum Gasteiger partial charge on any atom is -0.343 e. The van der Waals surface area contributed by atoms with E-state index in [0.717, 1.165) is 29.0 Å². The molecule has 5 nitrogen and oxygen atoms in total. The Kier molecular flexibility index (Phi) is 4.59. The lowest BCUT2D eigenvalue weighted by atomic mass is 10.1. The Balaban J connectivity index is 1.54. The van der Waals surface area contributed by atoms with Gasteiger partial charge in [-0.3, -0.25) is 4.79 Å². The number of fused-ring (bicyclic) bond motifs is 2. The van der Waals surface area contributed by atoms with Gasteiger partial charge in [-0.1, -0.05) is 18.2 Å². The Bertz CT molecular complexity index is 1190. The SMILES string of the molecule is Cc1nc2ccc(C(=O)N(C)CCn3c(C)cc4ccccc43)cc2nc1C. The highest BCUT2D eigenvalue weighted by molar-refractivity contribution is 5.97. The van der Waals surface area contributed by atoms with Crippen LogP contribution < -0.4 is 0 Å². The van der Waals surface area contributed by atoms with Gasteiger partial charge in [0.15, 0.2) is 0 Å². The molecule has 28 heavy (non-hydrogen) atoms. The number of amides is 1. The summed E-state index contributed by atoms with van der Waals surface area (Å²) in [4.78, 5) is 23.8. The Morgan fingerprint density at radius 2 is 1.68 bits per heavy atom. The van der Waals surface area contributed by atoms with Gasteiger partial charge >= 0.3 is 0 Å². The van der Waals surface area contributed by atoms with Crippen LogP contribution >= 0.6 is 0 Å². The zero-order valence-electron chi connectivity index (χ0n) is 16.7. The third-order valence-electron chi connectivity index (χ3n) is 5.35. The quantitative estimate of drug-likeness (QED) is 0.537. The molecular formula is C23H24N4O. The van der Waals surface area contributed by atoms with Crippen LogP contribution in [0, 0.1) is 20.8 Å². The standard InChI is InChI=1S/C23H24N4O/c1-15-13-18-7-5-6-8-22(18)27(15)12-11-26(4)23(28)19-9-10-20-21(14-19)25-17(3)16(2)24-20/h5-10,13-14H,11-12H2,1-4H3. The van der Waals surface area contributed by atoms with Crippen molar-refractivity contribution in [3.05, 3.63) is 71.2 Å². The van der Waals surface area contributed by atoms with Gasteiger partial charge in [-0.05, 0) is 56.5 Å². The Hall–Kier alpha value is -3.21. The summed E-state index contributed by atoms with van der Waals surface area (Å²) in [5.74, 6) is -0.00366. The molecule has 0 bridgehead atoms. The topological polar surface area (TPSA) is 51.0 Å². The second kappa shape index (κ2) is 7.08. The van der Waals surface area contributed by atoms with Gasteiger partial charge in [0.2, 0.25) is 0 Å². The zero-order chi connectivity index (χ0) is 19.8. The predicted molar refractivity (Wildman–Crippen MR) is 113 cm³/mol. The van der Waals surface area contributed by atoms with E-state index in [1.54, 1.807) is 4.90 Å². The van der Waals surface area contributed by atoms with Gasteiger partial charge in [0.1, 0.15) is 0 Å². The fourth-order valence-electron chi connectivity index (χ4n) is 3.58. The second-order valence-corrected chi connectivity index (χ2v) is 7.32. The van der Waals surface area contributed by atoms with Crippen molar-refractivity contribution in [1.82, 2.24) is 19.4 Å². The molecule has 0 saturated carbocycles. The summed E-state index contributed by atoms with van der Waals surface area (Å²) in [5.41, 5.74) is 6.42. The number of likely N-dealkylation sites (N-methyl/N-ethyl adjacent to an activating group) is 1. The number of hydrogen-bond acceptors (Lipinski definition) is 3. The Morgan fingerprint density at radius 3 is 2.46 bits per heavy atom. The maximum Gasteiger partial charge on any atom is 0.253 e. The van der Waals surface area contributed by atoms with Gasteiger partial charge in [0.05, 0.1) is 22.4 Å². The average Bonchev–Trinajstić information content (AvgIpc) is 3.01. The third-order valence-corrected chi connectivity index (χ3v) is 5.35. The molecule has 2 heterocycles. The molecule has 0 unspecified atom stereocenters. The molecule has 0 aliphatic rings. The van der Waals surface area contributed by atoms with Gasteiger partial charge in [0, 0.05) is 36.9 Å². The molecule has 0 atom stereocenters. The first kappa shape index (κ1) is 18.2. The molecule has 0 saturated heterocycles. The van der Waals surface area contributed by atoms with Crippen molar-refractivity contribution < 1.29 is 4.79 Å². The first-order chi connectivity index (χ1) is 13.4. The lowest BCUT2D eigenvalue weighted by Crippen LogP contribution is -2.30. The molecule has 1 amide bonds. The molecule has 0 N–H and O–H groups in total. The van der Waals surface area contributed by atoms with Crippen LogP contribution in [-0.2, 0) is 6.54 Å². The summed E-state index contributed by atoms with van der Waals surface area (Å²) in [6.45, 7) is 7.38. The van der Waals surface area contributed by atoms with Gasteiger partial charge in [-0.25, -0.2) is 9.97 Å². The molecule has 0 aliphatic heterocycles. The van der Waals surface area contributed by atoms with Gasteiger partial charge < -0.3 is 9.47 Å². The van der Waals surface area contributed by atoms with Crippen LogP contribution in [0.1, 0.15) is 27.4 Å². The van der Waals surface area contributed by atoms with Crippen molar-refractivity contribution in [3.8, 4) is 0 Å². The van der Waals surface area contributed by atoms with Crippen LogP contribution in [0.2, 0.25) is 0 Å². The molecule has 2 aromatic carbocycles. The number of hydrogen-bond donors (Lipinski definition) is 0. The maximum absolute atomic E-state index is 12.9. The van der Waals surface area contributed by atoms with E-state index in [2.05, 4.69) is 39.7 Å².